The third-order valence-corrected chi connectivity index (χ3v) is 2.49. The highest BCUT2D eigenvalue weighted by molar-refractivity contribution is 5.79. The SMILES string of the molecule is CC(C)(CC(=O)O)NC(=O)CNCC1CC1. The molecule has 1 saturated carbocycles. The van der Waals surface area contributed by atoms with Gasteiger partial charge in [-0.1, -0.05) is 0 Å². The first-order valence-corrected chi connectivity index (χ1v) is 5.62. The van der Waals surface area contributed by atoms with Crippen LogP contribution in [0.5, 0.6) is 0 Å². The Kier molecular flexibility index (Phi) is 4.29. The smallest absolute Gasteiger partial charge is 0.305 e. The van der Waals surface area contributed by atoms with E-state index in [4.69, 9.17) is 5.11 Å². The number of carbonyl (C=O) groups excluding carboxylic acids is 1. The van der Waals surface area contributed by atoms with E-state index in [1.54, 1.807) is 13.8 Å². The minimum atomic E-state index is -0.906. The fraction of sp³-hybridized carbons (Fsp3) is 0.818. The zero-order valence-corrected chi connectivity index (χ0v) is 9.88. The number of rotatable bonds is 7. The van der Waals surface area contributed by atoms with Gasteiger partial charge in [-0.15, -0.1) is 0 Å². The molecule has 0 saturated heterocycles. The van der Waals surface area contributed by atoms with Crippen molar-refractivity contribution >= 4 is 11.9 Å². The molecule has 5 heteroatoms. The van der Waals surface area contributed by atoms with Crippen LogP contribution in [0.2, 0.25) is 0 Å². The summed E-state index contributed by atoms with van der Waals surface area (Å²) in [4.78, 5) is 22.0. The van der Waals surface area contributed by atoms with Crippen LogP contribution in [0.25, 0.3) is 0 Å². The van der Waals surface area contributed by atoms with Gasteiger partial charge >= 0.3 is 5.97 Å². The average molecular weight is 228 g/mol. The molecule has 0 heterocycles. The van der Waals surface area contributed by atoms with E-state index in [-0.39, 0.29) is 18.9 Å². The number of hydrogen-bond donors (Lipinski definition) is 3. The summed E-state index contributed by atoms with van der Waals surface area (Å²) in [7, 11) is 0. The highest BCUT2D eigenvalue weighted by Gasteiger charge is 2.24. The van der Waals surface area contributed by atoms with Crippen molar-refractivity contribution in [3.8, 4) is 0 Å². The van der Waals surface area contributed by atoms with Crippen molar-refractivity contribution in [1.29, 1.82) is 0 Å². The van der Waals surface area contributed by atoms with Gasteiger partial charge in [-0.3, -0.25) is 9.59 Å². The van der Waals surface area contributed by atoms with Gasteiger partial charge in [-0.05, 0) is 39.2 Å². The lowest BCUT2D eigenvalue weighted by Crippen LogP contribution is -2.48. The van der Waals surface area contributed by atoms with Gasteiger partial charge in [0.1, 0.15) is 0 Å². The largest absolute Gasteiger partial charge is 0.481 e. The van der Waals surface area contributed by atoms with Crippen LogP contribution < -0.4 is 10.6 Å². The second-order valence-corrected chi connectivity index (χ2v) is 5.08. The molecule has 3 N–H and O–H groups in total. The Morgan fingerprint density at radius 3 is 2.50 bits per heavy atom. The Bertz CT molecular complexity index is 272. The number of hydrogen-bond acceptors (Lipinski definition) is 3. The van der Waals surface area contributed by atoms with Crippen LogP contribution in [0, 0.1) is 5.92 Å². The summed E-state index contributed by atoms with van der Waals surface area (Å²) < 4.78 is 0. The highest BCUT2D eigenvalue weighted by Crippen LogP contribution is 2.27. The molecule has 5 nitrogen and oxygen atoms in total. The topological polar surface area (TPSA) is 78.4 Å². The summed E-state index contributed by atoms with van der Waals surface area (Å²) in [6.45, 7) is 4.56. The quantitative estimate of drug-likeness (QED) is 0.587. The van der Waals surface area contributed by atoms with Crippen LogP contribution in [0.1, 0.15) is 33.1 Å². The Morgan fingerprint density at radius 2 is 2.00 bits per heavy atom. The molecular weight excluding hydrogens is 208 g/mol. The summed E-state index contributed by atoms with van der Waals surface area (Å²) in [6, 6.07) is 0. The second kappa shape index (κ2) is 5.30. The van der Waals surface area contributed by atoms with Crippen molar-refractivity contribution in [2.75, 3.05) is 13.1 Å². The maximum Gasteiger partial charge on any atom is 0.305 e. The molecular formula is C11H20N2O3. The Hall–Kier alpha value is -1.10. The lowest BCUT2D eigenvalue weighted by atomic mass is 10.0. The average Bonchev–Trinajstić information content (AvgIpc) is 2.83. The monoisotopic (exact) mass is 228 g/mol. The Morgan fingerprint density at radius 1 is 1.38 bits per heavy atom. The lowest BCUT2D eigenvalue weighted by Gasteiger charge is -2.24. The van der Waals surface area contributed by atoms with Crippen molar-refractivity contribution in [2.45, 2.75) is 38.6 Å². The van der Waals surface area contributed by atoms with Gasteiger partial charge in [0.2, 0.25) is 5.91 Å². The number of carboxylic acid groups (broad SMARTS) is 1. The summed E-state index contributed by atoms with van der Waals surface area (Å²) in [5.74, 6) is -0.317. The molecule has 16 heavy (non-hydrogen) atoms. The maximum absolute atomic E-state index is 11.5. The molecule has 0 aromatic heterocycles. The second-order valence-electron chi connectivity index (χ2n) is 5.08. The van der Waals surface area contributed by atoms with Crippen LogP contribution in [0.15, 0.2) is 0 Å². The molecule has 1 aliphatic rings. The molecule has 92 valence electrons. The van der Waals surface area contributed by atoms with E-state index in [1.807, 2.05) is 0 Å². The van der Waals surface area contributed by atoms with E-state index < -0.39 is 11.5 Å². The van der Waals surface area contributed by atoms with Gasteiger partial charge in [0.05, 0.1) is 13.0 Å². The predicted molar refractivity (Wildman–Crippen MR) is 60.1 cm³/mol. The van der Waals surface area contributed by atoms with Crippen LogP contribution in [0.4, 0.5) is 0 Å². The van der Waals surface area contributed by atoms with E-state index in [0.717, 1.165) is 12.5 Å². The van der Waals surface area contributed by atoms with E-state index in [0.29, 0.717) is 0 Å². The molecule has 1 rings (SSSR count). The van der Waals surface area contributed by atoms with Gasteiger partial charge in [0, 0.05) is 5.54 Å². The summed E-state index contributed by atoms with van der Waals surface area (Å²) in [5, 5.41) is 14.4. The zero-order valence-electron chi connectivity index (χ0n) is 9.88. The van der Waals surface area contributed by atoms with Gasteiger partial charge < -0.3 is 15.7 Å². The van der Waals surface area contributed by atoms with Crippen molar-refractivity contribution < 1.29 is 14.7 Å². The number of carbonyl (C=O) groups is 2. The molecule has 1 aliphatic carbocycles. The van der Waals surface area contributed by atoms with Crippen molar-refractivity contribution in [3.05, 3.63) is 0 Å². The molecule has 1 fully saturated rings. The van der Waals surface area contributed by atoms with Gasteiger partial charge in [0.25, 0.3) is 0 Å². The molecule has 0 spiro atoms. The number of amides is 1. The standard InChI is InChI=1S/C11H20N2O3/c1-11(2,5-10(15)16)13-9(14)7-12-6-8-3-4-8/h8,12H,3-7H2,1-2H3,(H,13,14)(H,15,16). The first-order chi connectivity index (χ1) is 7.39. The van der Waals surface area contributed by atoms with E-state index in [9.17, 15) is 9.59 Å². The highest BCUT2D eigenvalue weighted by atomic mass is 16.4. The van der Waals surface area contributed by atoms with Gasteiger partial charge in [-0.2, -0.15) is 0 Å². The minimum Gasteiger partial charge on any atom is -0.481 e. The van der Waals surface area contributed by atoms with Gasteiger partial charge in [0.15, 0.2) is 0 Å². The molecule has 0 bridgehead atoms. The maximum atomic E-state index is 11.5. The van der Waals surface area contributed by atoms with Crippen molar-refractivity contribution in [3.63, 3.8) is 0 Å². The normalized spacial score (nSPS) is 15.9. The fourth-order valence-corrected chi connectivity index (χ4v) is 1.56. The molecule has 0 radical (unpaired) electrons. The van der Waals surface area contributed by atoms with Gasteiger partial charge in [-0.25, -0.2) is 0 Å². The van der Waals surface area contributed by atoms with Crippen molar-refractivity contribution in [2.24, 2.45) is 5.92 Å². The molecule has 0 aromatic carbocycles. The molecule has 1 amide bonds. The first kappa shape index (κ1) is 13.0. The third kappa shape index (κ3) is 5.70. The first-order valence-electron chi connectivity index (χ1n) is 5.62. The summed E-state index contributed by atoms with van der Waals surface area (Å²) in [5.41, 5.74) is -0.690. The molecule has 0 aromatic rings. The van der Waals surface area contributed by atoms with Crippen LogP contribution >= 0.6 is 0 Å². The summed E-state index contributed by atoms with van der Waals surface area (Å²) in [6.07, 6.45) is 2.43. The number of carboxylic acids is 1. The van der Waals surface area contributed by atoms with Crippen LogP contribution in [-0.2, 0) is 9.59 Å². The van der Waals surface area contributed by atoms with Crippen LogP contribution in [-0.4, -0.2) is 35.6 Å². The van der Waals surface area contributed by atoms with Crippen molar-refractivity contribution in [1.82, 2.24) is 10.6 Å². The molecule has 0 unspecified atom stereocenters. The molecule has 0 atom stereocenters. The lowest BCUT2D eigenvalue weighted by molar-refractivity contribution is -0.138. The Labute approximate surface area is 95.6 Å². The number of nitrogens with one attached hydrogen (secondary N) is 2. The summed E-state index contributed by atoms with van der Waals surface area (Å²) >= 11 is 0. The van der Waals surface area contributed by atoms with Crippen LogP contribution in [0.3, 0.4) is 0 Å². The Balaban J connectivity index is 2.17. The van der Waals surface area contributed by atoms with E-state index >= 15 is 0 Å². The molecule has 0 aliphatic heterocycles. The van der Waals surface area contributed by atoms with E-state index in [1.165, 1.54) is 12.8 Å². The van der Waals surface area contributed by atoms with E-state index in [2.05, 4.69) is 10.6 Å². The fourth-order valence-electron chi connectivity index (χ4n) is 1.56. The predicted octanol–water partition coefficient (Wildman–Crippen LogP) is 0.356. The minimum absolute atomic E-state index is 0.0681. The number of aliphatic carboxylic acids is 1. The zero-order chi connectivity index (χ0) is 12.2. The third-order valence-electron chi connectivity index (χ3n) is 2.49.